The van der Waals surface area contributed by atoms with Crippen LogP contribution in [0.25, 0.3) is 11.0 Å². The molecule has 7 nitrogen and oxygen atoms in total. The molecule has 40 heavy (non-hydrogen) atoms. The van der Waals surface area contributed by atoms with Gasteiger partial charge in [-0.3, -0.25) is 14.5 Å². The van der Waals surface area contributed by atoms with E-state index in [0.29, 0.717) is 70.8 Å². The molecule has 2 fully saturated rings. The first-order valence-electron chi connectivity index (χ1n) is 13.0. The molecule has 0 spiro atoms. The van der Waals surface area contributed by atoms with Gasteiger partial charge in [0, 0.05) is 50.7 Å². The number of piperazine rings is 1. The summed E-state index contributed by atoms with van der Waals surface area (Å²) >= 11 is 13.2. The van der Waals surface area contributed by atoms with Crippen LogP contribution in [0.3, 0.4) is 0 Å². The Morgan fingerprint density at radius 1 is 1.10 bits per heavy atom. The van der Waals surface area contributed by atoms with Crippen LogP contribution in [0.2, 0.25) is 10.0 Å². The SMILES string of the molecule is COC(=O)C1CC(N2CCN(C(=O)c3ccc(Cl)c(Cc4nc5c(C)cc(C(F)(F)F)cc5n4C)c3Cl)CC2)C1. The first-order valence-corrected chi connectivity index (χ1v) is 13.8. The van der Waals surface area contributed by atoms with Gasteiger partial charge in [0.05, 0.1) is 40.2 Å². The maximum Gasteiger partial charge on any atom is 0.416 e. The zero-order chi connectivity index (χ0) is 28.9. The van der Waals surface area contributed by atoms with Crippen molar-refractivity contribution in [1.29, 1.82) is 0 Å². The van der Waals surface area contributed by atoms with Crippen molar-refractivity contribution in [3.8, 4) is 0 Å². The van der Waals surface area contributed by atoms with Crippen molar-refractivity contribution in [2.45, 2.75) is 38.4 Å². The molecule has 0 bridgehead atoms. The number of aryl methyl sites for hydroxylation is 2. The normalized spacial score (nSPS) is 20.1. The van der Waals surface area contributed by atoms with E-state index in [2.05, 4.69) is 9.88 Å². The summed E-state index contributed by atoms with van der Waals surface area (Å²) in [6, 6.07) is 5.70. The monoisotopic (exact) mass is 596 g/mol. The number of aromatic nitrogens is 2. The fourth-order valence-corrected chi connectivity index (χ4v) is 6.20. The zero-order valence-corrected chi connectivity index (χ0v) is 23.8. The lowest BCUT2D eigenvalue weighted by atomic mass is 9.79. The molecule has 1 aromatic heterocycles. The minimum absolute atomic E-state index is 0.0483. The van der Waals surface area contributed by atoms with Gasteiger partial charge in [-0.2, -0.15) is 13.2 Å². The molecule has 3 aromatic rings. The Balaban J connectivity index is 1.32. The van der Waals surface area contributed by atoms with Crippen LogP contribution in [0.15, 0.2) is 24.3 Å². The highest BCUT2D eigenvalue weighted by Crippen LogP contribution is 2.36. The van der Waals surface area contributed by atoms with Crippen LogP contribution in [0.1, 0.15) is 45.7 Å². The highest BCUT2D eigenvalue weighted by Gasteiger charge is 2.40. The van der Waals surface area contributed by atoms with Crippen LogP contribution in [0.4, 0.5) is 13.2 Å². The molecule has 2 aliphatic rings. The average Bonchev–Trinajstić information content (AvgIpc) is 3.20. The molecule has 12 heteroatoms. The van der Waals surface area contributed by atoms with Gasteiger partial charge in [-0.25, -0.2) is 4.98 Å². The molecule has 2 aromatic carbocycles. The summed E-state index contributed by atoms with van der Waals surface area (Å²) in [5, 5.41) is 0.552. The molecule has 0 radical (unpaired) electrons. The molecular formula is C28H29Cl2F3N4O3. The van der Waals surface area contributed by atoms with Crippen molar-refractivity contribution in [3.05, 3.63) is 62.4 Å². The maximum absolute atomic E-state index is 13.5. The van der Waals surface area contributed by atoms with Gasteiger partial charge in [0.25, 0.3) is 5.91 Å². The number of ether oxygens (including phenoxy) is 1. The van der Waals surface area contributed by atoms with Crippen LogP contribution >= 0.6 is 23.2 Å². The zero-order valence-electron chi connectivity index (χ0n) is 22.3. The third-order valence-electron chi connectivity index (χ3n) is 8.11. The Morgan fingerprint density at radius 3 is 2.40 bits per heavy atom. The van der Waals surface area contributed by atoms with Gasteiger partial charge in [-0.15, -0.1) is 0 Å². The summed E-state index contributed by atoms with van der Waals surface area (Å²) in [7, 11) is 3.05. The molecule has 1 saturated heterocycles. The largest absolute Gasteiger partial charge is 0.469 e. The van der Waals surface area contributed by atoms with E-state index in [4.69, 9.17) is 27.9 Å². The van der Waals surface area contributed by atoms with E-state index in [0.717, 1.165) is 25.0 Å². The number of nitrogens with zero attached hydrogens (tertiary/aromatic N) is 4. The predicted molar refractivity (Wildman–Crippen MR) is 146 cm³/mol. The second-order valence-corrected chi connectivity index (χ2v) is 11.3. The van der Waals surface area contributed by atoms with Crippen molar-refractivity contribution >= 4 is 46.1 Å². The minimum Gasteiger partial charge on any atom is -0.469 e. The maximum atomic E-state index is 13.5. The van der Waals surface area contributed by atoms with E-state index in [1.165, 1.54) is 7.11 Å². The number of halogens is 5. The van der Waals surface area contributed by atoms with Gasteiger partial charge in [0.15, 0.2) is 0 Å². The fourth-order valence-electron chi connectivity index (χ4n) is 5.62. The van der Waals surface area contributed by atoms with Gasteiger partial charge < -0.3 is 14.2 Å². The summed E-state index contributed by atoms with van der Waals surface area (Å²) in [6.45, 7) is 4.04. The number of amides is 1. The quantitative estimate of drug-likeness (QED) is 0.363. The summed E-state index contributed by atoms with van der Waals surface area (Å²) in [6.07, 6.45) is -2.79. The number of carbonyl (C=O) groups is 2. The predicted octanol–water partition coefficient (Wildman–Crippen LogP) is 5.51. The fraction of sp³-hybridized carbons (Fsp3) is 0.464. The van der Waals surface area contributed by atoms with Gasteiger partial charge in [0.1, 0.15) is 5.82 Å². The minimum atomic E-state index is -4.47. The number of carbonyl (C=O) groups excluding carboxylic acids is 2. The molecule has 0 atom stereocenters. The van der Waals surface area contributed by atoms with Crippen LogP contribution in [0.5, 0.6) is 0 Å². The Labute approximate surface area is 239 Å². The third-order valence-corrected chi connectivity index (χ3v) is 8.90. The Morgan fingerprint density at radius 2 is 1.77 bits per heavy atom. The first-order chi connectivity index (χ1) is 18.9. The average molecular weight is 597 g/mol. The van der Waals surface area contributed by atoms with Crippen LogP contribution in [-0.2, 0) is 29.2 Å². The Kier molecular flexibility index (Phi) is 7.80. The van der Waals surface area contributed by atoms with Crippen LogP contribution in [-0.4, -0.2) is 70.6 Å². The first kappa shape index (κ1) is 28.7. The number of hydrogen-bond donors (Lipinski definition) is 0. The van der Waals surface area contributed by atoms with Crippen molar-refractivity contribution in [2.24, 2.45) is 13.0 Å². The van der Waals surface area contributed by atoms with E-state index in [9.17, 15) is 22.8 Å². The molecular weight excluding hydrogens is 568 g/mol. The van der Waals surface area contributed by atoms with Crippen molar-refractivity contribution in [1.82, 2.24) is 19.4 Å². The molecule has 2 heterocycles. The highest BCUT2D eigenvalue weighted by atomic mass is 35.5. The molecule has 1 saturated carbocycles. The van der Waals surface area contributed by atoms with E-state index >= 15 is 0 Å². The topological polar surface area (TPSA) is 67.7 Å². The lowest BCUT2D eigenvalue weighted by Crippen LogP contribution is -2.56. The lowest BCUT2D eigenvalue weighted by Gasteiger charge is -2.45. The van der Waals surface area contributed by atoms with E-state index in [-0.39, 0.29) is 29.2 Å². The van der Waals surface area contributed by atoms with Gasteiger partial charge in [0.2, 0.25) is 0 Å². The molecule has 214 valence electrons. The highest BCUT2D eigenvalue weighted by molar-refractivity contribution is 6.38. The second-order valence-electron chi connectivity index (χ2n) is 10.5. The second kappa shape index (κ2) is 10.9. The molecule has 5 rings (SSSR count). The molecule has 1 aliphatic heterocycles. The summed E-state index contributed by atoms with van der Waals surface area (Å²) in [5.41, 5.74) is 1.30. The number of imidazole rings is 1. The summed E-state index contributed by atoms with van der Waals surface area (Å²) in [5.74, 6) is 0.0513. The number of fused-ring (bicyclic) bond motifs is 1. The van der Waals surface area contributed by atoms with Gasteiger partial charge >= 0.3 is 12.1 Å². The van der Waals surface area contributed by atoms with Crippen LogP contribution in [0, 0.1) is 12.8 Å². The molecule has 1 aliphatic carbocycles. The van der Waals surface area contributed by atoms with E-state index in [1.54, 1.807) is 35.6 Å². The van der Waals surface area contributed by atoms with Crippen molar-refractivity contribution in [3.63, 3.8) is 0 Å². The van der Waals surface area contributed by atoms with Crippen molar-refractivity contribution < 1.29 is 27.5 Å². The number of alkyl halides is 3. The van der Waals surface area contributed by atoms with Gasteiger partial charge in [-0.05, 0) is 55.2 Å². The number of methoxy groups -OCH3 is 1. The Bertz CT molecular complexity index is 1480. The number of hydrogen-bond acceptors (Lipinski definition) is 5. The van der Waals surface area contributed by atoms with E-state index in [1.807, 2.05) is 0 Å². The van der Waals surface area contributed by atoms with Crippen molar-refractivity contribution in [2.75, 3.05) is 33.3 Å². The number of benzene rings is 2. The van der Waals surface area contributed by atoms with Gasteiger partial charge in [-0.1, -0.05) is 23.2 Å². The molecule has 0 N–H and O–H groups in total. The third kappa shape index (κ3) is 5.29. The van der Waals surface area contributed by atoms with Crippen LogP contribution < -0.4 is 0 Å². The summed E-state index contributed by atoms with van der Waals surface area (Å²) < 4.78 is 46.6. The number of esters is 1. The molecule has 1 amide bonds. The lowest BCUT2D eigenvalue weighted by molar-refractivity contribution is -0.151. The summed E-state index contributed by atoms with van der Waals surface area (Å²) in [4.78, 5) is 33.8. The molecule has 0 unspecified atom stereocenters. The Hall–Kier alpha value is -2.82. The van der Waals surface area contributed by atoms with E-state index < -0.39 is 11.7 Å². The standard InChI is InChI=1S/C28H29Cl2F3N4O3/c1-15-10-17(28(31,32)33)13-22-25(15)34-23(35(22)2)14-20-21(29)5-4-19(24(20)30)26(38)37-8-6-36(7-9-37)18-11-16(12-18)27(39)40-3/h4-5,10,13,16,18H,6-9,11-12,14H2,1-3H3. The number of rotatable bonds is 5. The smallest absolute Gasteiger partial charge is 0.416 e.